The largest absolute Gasteiger partial charge is 0.383 e. The number of ether oxygens (including phenoxy) is 2. The molecule has 1 aliphatic heterocycles. The van der Waals surface area contributed by atoms with Crippen LogP contribution in [0, 0.1) is 0 Å². The summed E-state index contributed by atoms with van der Waals surface area (Å²) in [5.41, 5.74) is 8.79. The van der Waals surface area contributed by atoms with Crippen LogP contribution in [0.25, 0.3) is 0 Å². The van der Waals surface area contributed by atoms with Crippen LogP contribution in [0.2, 0.25) is 0 Å². The molecule has 0 aliphatic carbocycles. The summed E-state index contributed by atoms with van der Waals surface area (Å²) in [5.74, 6) is -0.0266. The zero-order chi connectivity index (χ0) is 13.8. The molecular formula is C14H20N2O3. The number of rotatable bonds is 5. The summed E-state index contributed by atoms with van der Waals surface area (Å²) in [6, 6.07) is 5.53. The van der Waals surface area contributed by atoms with Crippen molar-refractivity contribution in [1.29, 1.82) is 0 Å². The fraction of sp³-hybridized carbons (Fsp3) is 0.500. The molecule has 0 saturated heterocycles. The van der Waals surface area contributed by atoms with Crippen molar-refractivity contribution in [2.24, 2.45) is 5.73 Å². The van der Waals surface area contributed by atoms with E-state index in [0.717, 1.165) is 11.1 Å². The van der Waals surface area contributed by atoms with E-state index >= 15 is 0 Å². The first kappa shape index (κ1) is 14.0. The van der Waals surface area contributed by atoms with E-state index in [2.05, 4.69) is 0 Å². The summed E-state index contributed by atoms with van der Waals surface area (Å²) in [5, 5.41) is 0. The molecular weight excluding hydrogens is 244 g/mol. The highest BCUT2D eigenvalue weighted by atomic mass is 16.5. The second-order valence-electron chi connectivity index (χ2n) is 4.88. The lowest BCUT2D eigenvalue weighted by Gasteiger charge is -2.21. The van der Waals surface area contributed by atoms with Crippen LogP contribution in [0.15, 0.2) is 18.2 Å². The monoisotopic (exact) mass is 264 g/mol. The molecule has 19 heavy (non-hydrogen) atoms. The molecule has 0 aromatic heterocycles. The number of fused-ring (bicyclic) bond motifs is 1. The second-order valence-corrected chi connectivity index (χ2v) is 4.88. The molecule has 0 radical (unpaired) electrons. The number of benzene rings is 1. The minimum atomic E-state index is -0.170. The Kier molecular flexibility index (Phi) is 4.52. The highest BCUT2D eigenvalue weighted by Crippen LogP contribution is 2.21. The number of hydrogen-bond donors (Lipinski definition) is 1. The Hall–Kier alpha value is -1.43. The van der Waals surface area contributed by atoms with Gasteiger partial charge in [-0.1, -0.05) is 6.07 Å². The van der Waals surface area contributed by atoms with Crippen molar-refractivity contribution >= 4 is 5.91 Å². The Morgan fingerprint density at radius 2 is 2.21 bits per heavy atom. The van der Waals surface area contributed by atoms with Crippen molar-refractivity contribution in [3.8, 4) is 0 Å². The smallest absolute Gasteiger partial charge is 0.253 e. The van der Waals surface area contributed by atoms with Gasteiger partial charge in [0.25, 0.3) is 5.91 Å². The Labute approximate surface area is 113 Å². The van der Waals surface area contributed by atoms with Gasteiger partial charge < -0.3 is 20.1 Å². The Balaban J connectivity index is 2.02. The lowest BCUT2D eigenvalue weighted by atomic mass is 10.1. The molecule has 1 amide bonds. The topological polar surface area (TPSA) is 64.8 Å². The minimum absolute atomic E-state index is 0.0266. The summed E-state index contributed by atoms with van der Waals surface area (Å²) < 4.78 is 10.3. The highest BCUT2D eigenvalue weighted by molar-refractivity contribution is 5.94. The number of amides is 1. The van der Waals surface area contributed by atoms with Crippen LogP contribution < -0.4 is 5.73 Å². The normalized spacial score (nSPS) is 15.1. The molecule has 0 spiro atoms. The van der Waals surface area contributed by atoms with Gasteiger partial charge in [0.2, 0.25) is 0 Å². The first-order valence-corrected chi connectivity index (χ1v) is 6.31. The van der Waals surface area contributed by atoms with E-state index in [-0.39, 0.29) is 11.9 Å². The molecule has 1 aromatic carbocycles. The third kappa shape index (κ3) is 3.32. The second kappa shape index (κ2) is 6.14. The van der Waals surface area contributed by atoms with Crippen LogP contribution >= 0.6 is 0 Å². The van der Waals surface area contributed by atoms with Crippen LogP contribution in [0.3, 0.4) is 0 Å². The van der Waals surface area contributed by atoms with Gasteiger partial charge in [0.05, 0.1) is 19.8 Å². The van der Waals surface area contributed by atoms with Crippen LogP contribution in [0.4, 0.5) is 0 Å². The number of carbonyl (C=O) groups excluding carboxylic acids is 1. The van der Waals surface area contributed by atoms with Gasteiger partial charge in [-0.15, -0.1) is 0 Å². The molecule has 1 atom stereocenters. The van der Waals surface area contributed by atoms with Crippen molar-refractivity contribution in [1.82, 2.24) is 4.90 Å². The number of carbonyl (C=O) groups is 1. The molecule has 2 rings (SSSR count). The quantitative estimate of drug-likeness (QED) is 0.853. The number of methoxy groups -OCH3 is 1. The number of nitrogens with zero attached hydrogens (tertiary/aromatic N) is 1. The number of likely N-dealkylation sites (N-methyl/N-ethyl adjacent to an activating group) is 1. The first-order valence-electron chi connectivity index (χ1n) is 6.31. The van der Waals surface area contributed by atoms with Crippen LogP contribution in [0.1, 0.15) is 21.5 Å². The van der Waals surface area contributed by atoms with Crippen molar-refractivity contribution in [3.63, 3.8) is 0 Å². The van der Waals surface area contributed by atoms with Crippen LogP contribution in [-0.4, -0.2) is 44.2 Å². The van der Waals surface area contributed by atoms with E-state index in [1.807, 2.05) is 18.2 Å². The Morgan fingerprint density at radius 3 is 2.95 bits per heavy atom. The maximum Gasteiger partial charge on any atom is 0.253 e. The molecule has 1 aliphatic rings. The highest BCUT2D eigenvalue weighted by Gasteiger charge is 2.18. The Bertz CT molecular complexity index is 462. The fourth-order valence-electron chi connectivity index (χ4n) is 2.23. The van der Waals surface area contributed by atoms with Gasteiger partial charge in [-0.25, -0.2) is 0 Å². The first-order chi connectivity index (χ1) is 9.11. The van der Waals surface area contributed by atoms with E-state index in [4.69, 9.17) is 15.2 Å². The zero-order valence-corrected chi connectivity index (χ0v) is 11.4. The lowest BCUT2D eigenvalue weighted by Crippen LogP contribution is -2.41. The summed E-state index contributed by atoms with van der Waals surface area (Å²) in [6.45, 7) is 2.14. The summed E-state index contributed by atoms with van der Waals surface area (Å²) in [7, 11) is 3.35. The average molecular weight is 264 g/mol. The maximum absolute atomic E-state index is 12.3. The van der Waals surface area contributed by atoms with E-state index in [9.17, 15) is 4.79 Å². The van der Waals surface area contributed by atoms with Gasteiger partial charge in [0, 0.05) is 32.3 Å². The molecule has 0 bridgehead atoms. The van der Waals surface area contributed by atoms with E-state index < -0.39 is 0 Å². The van der Waals surface area contributed by atoms with Gasteiger partial charge in [-0.2, -0.15) is 0 Å². The van der Waals surface area contributed by atoms with Gasteiger partial charge in [-0.3, -0.25) is 4.79 Å². The maximum atomic E-state index is 12.3. The molecule has 5 nitrogen and oxygen atoms in total. The van der Waals surface area contributed by atoms with Gasteiger partial charge in [0.15, 0.2) is 0 Å². The lowest BCUT2D eigenvalue weighted by molar-refractivity contribution is 0.0764. The predicted molar refractivity (Wildman–Crippen MR) is 71.7 cm³/mol. The molecule has 0 fully saturated rings. The molecule has 0 saturated carbocycles. The molecule has 104 valence electrons. The van der Waals surface area contributed by atoms with Crippen LogP contribution in [0.5, 0.6) is 0 Å². The van der Waals surface area contributed by atoms with Crippen molar-refractivity contribution in [2.45, 2.75) is 19.3 Å². The minimum Gasteiger partial charge on any atom is -0.383 e. The molecule has 1 aromatic rings. The zero-order valence-electron chi connectivity index (χ0n) is 11.4. The van der Waals surface area contributed by atoms with Crippen molar-refractivity contribution in [2.75, 3.05) is 27.3 Å². The van der Waals surface area contributed by atoms with Crippen molar-refractivity contribution < 1.29 is 14.3 Å². The van der Waals surface area contributed by atoms with E-state index in [0.29, 0.717) is 31.9 Å². The van der Waals surface area contributed by atoms with E-state index in [1.54, 1.807) is 19.1 Å². The summed E-state index contributed by atoms with van der Waals surface area (Å²) >= 11 is 0. The standard InChI is InChI=1S/C14H20N2O3/c1-16(6-13(15)9-18-2)14(17)10-3-4-11-7-19-8-12(11)5-10/h3-5,13H,6-9,15H2,1-2H3. The SMILES string of the molecule is COCC(N)CN(C)C(=O)c1ccc2c(c1)COC2. The Morgan fingerprint density at radius 1 is 1.47 bits per heavy atom. The van der Waals surface area contributed by atoms with Crippen LogP contribution in [-0.2, 0) is 22.7 Å². The average Bonchev–Trinajstić information content (AvgIpc) is 2.85. The van der Waals surface area contributed by atoms with Gasteiger partial charge in [-0.05, 0) is 23.3 Å². The summed E-state index contributed by atoms with van der Waals surface area (Å²) in [4.78, 5) is 13.9. The van der Waals surface area contributed by atoms with Crippen molar-refractivity contribution in [3.05, 3.63) is 34.9 Å². The molecule has 2 N–H and O–H groups in total. The summed E-state index contributed by atoms with van der Waals surface area (Å²) in [6.07, 6.45) is 0. The third-order valence-electron chi connectivity index (χ3n) is 3.20. The van der Waals surface area contributed by atoms with Gasteiger partial charge >= 0.3 is 0 Å². The molecule has 1 heterocycles. The predicted octanol–water partition coefficient (Wildman–Crippen LogP) is 0.762. The fourth-order valence-corrected chi connectivity index (χ4v) is 2.23. The number of nitrogens with two attached hydrogens (primary N) is 1. The van der Waals surface area contributed by atoms with Gasteiger partial charge in [0.1, 0.15) is 0 Å². The number of hydrogen-bond acceptors (Lipinski definition) is 4. The molecule has 1 unspecified atom stereocenters. The van der Waals surface area contributed by atoms with E-state index in [1.165, 1.54) is 0 Å². The third-order valence-corrected chi connectivity index (χ3v) is 3.20. The molecule has 5 heteroatoms.